The maximum absolute atomic E-state index is 9.26. The number of hydrogen-bond donors (Lipinski definition) is 2. The summed E-state index contributed by atoms with van der Waals surface area (Å²) in [5.41, 5.74) is 1.79. The van der Waals surface area contributed by atoms with E-state index in [4.69, 9.17) is 5.11 Å². The van der Waals surface area contributed by atoms with Crippen molar-refractivity contribution >= 4 is 60.1 Å². The lowest BCUT2D eigenvalue weighted by Gasteiger charge is -2.00. The van der Waals surface area contributed by atoms with Gasteiger partial charge in [-0.3, -0.25) is 0 Å². The normalized spacial score (nSPS) is 8.90. The standard InChI is InChI=1S/C7H6Br2O.C7H8O.Br2/c1-4-2-5(8)3-6(9)7(4)10;1-6-4-2-3-5-7(6)8;1-2/h2-3,10H,1H3;2-5,8H,1H3;. The van der Waals surface area contributed by atoms with Crippen LogP contribution in [0, 0.1) is 13.8 Å². The number of aryl methyl sites for hydroxylation is 2. The van der Waals surface area contributed by atoms with E-state index >= 15 is 0 Å². The molecule has 2 nitrogen and oxygen atoms in total. The van der Waals surface area contributed by atoms with E-state index in [0.717, 1.165) is 20.1 Å². The van der Waals surface area contributed by atoms with E-state index in [9.17, 15) is 5.11 Å². The molecule has 0 aliphatic carbocycles. The van der Waals surface area contributed by atoms with E-state index in [0.29, 0.717) is 11.5 Å². The molecule has 0 atom stereocenters. The predicted molar refractivity (Wildman–Crippen MR) is 98.9 cm³/mol. The lowest BCUT2D eigenvalue weighted by atomic mass is 10.2. The quantitative estimate of drug-likeness (QED) is 0.400. The third-order valence-corrected chi connectivity index (χ3v) is 3.40. The summed E-state index contributed by atoms with van der Waals surface area (Å²) in [6, 6.07) is 10.9. The smallest absolute Gasteiger partial charge is 0.132 e. The van der Waals surface area contributed by atoms with E-state index in [1.54, 1.807) is 6.07 Å². The van der Waals surface area contributed by atoms with Gasteiger partial charge < -0.3 is 10.2 Å². The van der Waals surface area contributed by atoms with Gasteiger partial charge in [-0.2, -0.15) is 0 Å². The molecule has 0 unspecified atom stereocenters. The summed E-state index contributed by atoms with van der Waals surface area (Å²) in [6.07, 6.45) is 0. The first-order valence-corrected chi connectivity index (χ1v) is 10.8. The Labute approximate surface area is 151 Å². The Balaban J connectivity index is 0.000000327. The van der Waals surface area contributed by atoms with Gasteiger partial charge in [-0.05, 0) is 59.1 Å². The van der Waals surface area contributed by atoms with Crippen molar-refractivity contribution in [2.45, 2.75) is 13.8 Å². The van der Waals surface area contributed by atoms with Gasteiger partial charge in [-0.1, -0.05) is 34.1 Å². The first-order chi connectivity index (χ1) is 9.41. The van der Waals surface area contributed by atoms with E-state index < -0.39 is 0 Å². The molecule has 0 aromatic heterocycles. The van der Waals surface area contributed by atoms with Crippen LogP contribution in [0.4, 0.5) is 0 Å². The highest BCUT2D eigenvalue weighted by atomic mass is 80.9. The van der Waals surface area contributed by atoms with Crippen molar-refractivity contribution < 1.29 is 10.2 Å². The van der Waals surface area contributed by atoms with Crippen LogP contribution in [-0.2, 0) is 0 Å². The molecule has 0 heterocycles. The molecule has 0 aliphatic heterocycles. The highest BCUT2D eigenvalue weighted by Gasteiger charge is 2.01. The Hall–Kier alpha value is -0.0400. The minimum absolute atomic E-state index is 0.309. The number of aromatic hydroxyl groups is 2. The second-order valence-corrected chi connectivity index (χ2v) is 5.61. The van der Waals surface area contributed by atoms with Crippen LogP contribution in [0.1, 0.15) is 11.1 Å². The summed E-state index contributed by atoms with van der Waals surface area (Å²) in [5.74, 6) is 0.677. The number of rotatable bonds is 0. The van der Waals surface area contributed by atoms with Crippen molar-refractivity contribution in [1.29, 1.82) is 0 Å². The minimum atomic E-state index is 0.309. The first-order valence-electron chi connectivity index (χ1n) is 5.45. The zero-order valence-corrected chi connectivity index (χ0v) is 17.2. The molecule has 0 aliphatic rings. The number of benzene rings is 2. The van der Waals surface area contributed by atoms with Crippen LogP contribution in [0.25, 0.3) is 0 Å². The molecule has 0 spiro atoms. The maximum Gasteiger partial charge on any atom is 0.132 e. The van der Waals surface area contributed by atoms with Gasteiger partial charge in [0.05, 0.1) is 4.47 Å². The largest absolute Gasteiger partial charge is 0.508 e. The van der Waals surface area contributed by atoms with E-state index in [1.165, 1.54) is 0 Å². The fourth-order valence-corrected chi connectivity index (χ4v) is 2.70. The summed E-state index contributed by atoms with van der Waals surface area (Å²) in [4.78, 5) is 0. The van der Waals surface area contributed by atoms with Crippen molar-refractivity contribution in [2.75, 3.05) is 0 Å². The first kappa shape index (κ1) is 20.0. The molecule has 2 aromatic carbocycles. The summed E-state index contributed by atoms with van der Waals surface area (Å²) in [6.45, 7) is 3.72. The lowest BCUT2D eigenvalue weighted by molar-refractivity contribution is 0.467. The molecule has 0 radical (unpaired) electrons. The van der Waals surface area contributed by atoms with Crippen molar-refractivity contribution in [3.8, 4) is 11.5 Å². The third-order valence-electron chi connectivity index (χ3n) is 2.33. The number of para-hydroxylation sites is 1. The molecule has 2 N–H and O–H groups in total. The number of phenolic OH excluding ortho intramolecular Hbond substituents is 2. The van der Waals surface area contributed by atoms with Crippen LogP contribution < -0.4 is 0 Å². The fraction of sp³-hybridized carbons (Fsp3) is 0.143. The van der Waals surface area contributed by atoms with Crippen LogP contribution in [0.15, 0.2) is 45.3 Å². The highest BCUT2D eigenvalue weighted by molar-refractivity contribution is 9.93. The third kappa shape index (κ3) is 7.11. The summed E-state index contributed by atoms with van der Waals surface area (Å²) < 4.78 is 1.69. The van der Waals surface area contributed by atoms with E-state index in [2.05, 4.69) is 60.1 Å². The topological polar surface area (TPSA) is 40.5 Å². The Bertz CT molecular complexity index is 500. The molecule has 6 heteroatoms. The molecular formula is C14H14Br4O2. The predicted octanol–water partition coefficient (Wildman–Crippen LogP) is 6.62. The molecule has 20 heavy (non-hydrogen) atoms. The summed E-state index contributed by atoms with van der Waals surface area (Å²) in [5, 5.41) is 18.2. The molecule has 0 saturated carbocycles. The molecule has 110 valence electrons. The van der Waals surface area contributed by atoms with Gasteiger partial charge in [0.15, 0.2) is 0 Å². The molecule has 0 saturated heterocycles. The Morgan fingerprint density at radius 3 is 1.80 bits per heavy atom. The maximum atomic E-state index is 9.26. The number of halogens is 4. The van der Waals surface area contributed by atoms with E-state index in [1.807, 2.05) is 44.2 Å². The molecule has 2 rings (SSSR count). The van der Waals surface area contributed by atoms with Crippen LogP contribution in [0.5, 0.6) is 11.5 Å². The van der Waals surface area contributed by atoms with Gasteiger partial charge in [0.1, 0.15) is 11.5 Å². The highest BCUT2D eigenvalue weighted by Crippen LogP contribution is 2.30. The average molecular weight is 534 g/mol. The SMILES string of the molecule is BrBr.Cc1cc(Br)cc(Br)c1O.Cc1ccccc1O. The van der Waals surface area contributed by atoms with Gasteiger partial charge in [0.25, 0.3) is 0 Å². The van der Waals surface area contributed by atoms with Crippen molar-refractivity contribution in [1.82, 2.24) is 0 Å². The Morgan fingerprint density at radius 2 is 1.40 bits per heavy atom. The van der Waals surface area contributed by atoms with Gasteiger partial charge >= 0.3 is 0 Å². The van der Waals surface area contributed by atoms with Crippen LogP contribution in [0.2, 0.25) is 0 Å². The zero-order valence-electron chi connectivity index (χ0n) is 10.9. The molecule has 0 fully saturated rings. The minimum Gasteiger partial charge on any atom is -0.508 e. The molecule has 2 aromatic rings. The molecular weight excluding hydrogens is 520 g/mol. The Morgan fingerprint density at radius 1 is 0.850 bits per heavy atom. The van der Waals surface area contributed by atoms with Crippen molar-refractivity contribution in [3.63, 3.8) is 0 Å². The van der Waals surface area contributed by atoms with Crippen LogP contribution >= 0.6 is 60.1 Å². The van der Waals surface area contributed by atoms with Gasteiger partial charge in [-0.25, -0.2) is 0 Å². The van der Waals surface area contributed by atoms with Gasteiger partial charge in [0, 0.05) is 32.7 Å². The average Bonchev–Trinajstić information content (AvgIpc) is 2.42. The summed E-state index contributed by atoms with van der Waals surface area (Å²) in [7, 11) is 0. The zero-order chi connectivity index (χ0) is 15.7. The lowest BCUT2D eigenvalue weighted by Crippen LogP contribution is -1.76. The van der Waals surface area contributed by atoms with Gasteiger partial charge in [0.2, 0.25) is 0 Å². The fourth-order valence-electron chi connectivity index (χ4n) is 1.26. The van der Waals surface area contributed by atoms with Crippen molar-refractivity contribution in [3.05, 3.63) is 56.5 Å². The monoisotopic (exact) mass is 530 g/mol. The van der Waals surface area contributed by atoms with Crippen LogP contribution in [-0.4, -0.2) is 10.2 Å². The number of hydrogen-bond acceptors (Lipinski definition) is 2. The molecule has 0 bridgehead atoms. The van der Waals surface area contributed by atoms with E-state index in [-0.39, 0.29) is 0 Å². The second-order valence-electron chi connectivity index (χ2n) is 3.84. The second kappa shape index (κ2) is 10.7. The van der Waals surface area contributed by atoms with Crippen LogP contribution in [0.3, 0.4) is 0 Å². The number of phenols is 2. The molecule has 0 amide bonds. The van der Waals surface area contributed by atoms with Crippen molar-refractivity contribution in [2.24, 2.45) is 0 Å². The van der Waals surface area contributed by atoms with Gasteiger partial charge in [-0.15, -0.1) is 0 Å². The Kier molecular flexibility index (Phi) is 10.6. The summed E-state index contributed by atoms with van der Waals surface area (Å²) >= 11 is 12.0.